The Balaban J connectivity index is 2.08. The number of phenolic OH excluding ortho intramolecular Hbond substituents is 1. The zero-order chi connectivity index (χ0) is 13.0. The summed E-state index contributed by atoms with van der Waals surface area (Å²) in [7, 11) is 0. The number of hydrogen-bond acceptors (Lipinski definition) is 1. The highest BCUT2D eigenvalue weighted by atomic mass is 19.1. The SMILES string of the molecule is Oc1cc(F)cc2c1c1c(n2C2CC2)CCCCC1. The molecule has 3 heteroatoms. The lowest BCUT2D eigenvalue weighted by molar-refractivity contribution is 0.475. The second-order valence-electron chi connectivity index (χ2n) is 5.91. The molecule has 0 radical (unpaired) electrons. The van der Waals surface area contributed by atoms with E-state index in [2.05, 4.69) is 4.57 Å². The van der Waals surface area contributed by atoms with Crippen LogP contribution in [0.5, 0.6) is 5.75 Å². The summed E-state index contributed by atoms with van der Waals surface area (Å²) in [5.74, 6) is -0.216. The van der Waals surface area contributed by atoms with Crippen LogP contribution in [-0.2, 0) is 12.8 Å². The summed E-state index contributed by atoms with van der Waals surface area (Å²) in [6.07, 6.45) is 8.10. The minimum absolute atomic E-state index is 0.118. The number of aryl methyl sites for hydroxylation is 1. The Hall–Kier alpha value is -1.51. The van der Waals surface area contributed by atoms with E-state index < -0.39 is 0 Å². The number of halogens is 1. The standard InChI is InChI=1S/C16H18FNO/c17-10-8-14-16(15(19)9-10)12-4-2-1-3-5-13(12)18(14)11-6-7-11/h8-9,11,19H,1-7H2. The summed E-state index contributed by atoms with van der Waals surface area (Å²) in [6.45, 7) is 0. The molecular weight excluding hydrogens is 241 g/mol. The number of phenols is 1. The van der Waals surface area contributed by atoms with Crippen molar-refractivity contribution >= 4 is 10.9 Å². The van der Waals surface area contributed by atoms with Crippen LogP contribution >= 0.6 is 0 Å². The molecule has 0 amide bonds. The van der Waals surface area contributed by atoms with E-state index in [0.717, 1.165) is 23.7 Å². The molecule has 2 nitrogen and oxygen atoms in total. The lowest BCUT2D eigenvalue weighted by atomic mass is 10.1. The van der Waals surface area contributed by atoms with Gasteiger partial charge in [-0.25, -0.2) is 4.39 Å². The molecule has 1 saturated carbocycles. The molecule has 2 aliphatic rings. The third-order valence-corrected chi connectivity index (χ3v) is 4.51. The van der Waals surface area contributed by atoms with Gasteiger partial charge in [0, 0.05) is 23.2 Å². The van der Waals surface area contributed by atoms with Crippen LogP contribution < -0.4 is 0 Å². The highest BCUT2D eigenvalue weighted by Crippen LogP contribution is 2.45. The molecule has 2 aliphatic carbocycles. The Morgan fingerprint density at radius 2 is 1.89 bits per heavy atom. The van der Waals surface area contributed by atoms with Crippen molar-refractivity contribution in [2.45, 2.75) is 51.0 Å². The Labute approximate surface area is 111 Å². The van der Waals surface area contributed by atoms with Gasteiger partial charge in [0.25, 0.3) is 0 Å². The fraction of sp³-hybridized carbons (Fsp3) is 0.500. The van der Waals surface area contributed by atoms with Crippen LogP contribution in [0.25, 0.3) is 10.9 Å². The minimum atomic E-state index is -0.334. The van der Waals surface area contributed by atoms with Crippen LogP contribution in [0.4, 0.5) is 4.39 Å². The topological polar surface area (TPSA) is 25.2 Å². The molecule has 2 aromatic rings. The number of aromatic nitrogens is 1. The molecule has 0 spiro atoms. The average molecular weight is 259 g/mol. The number of hydrogen-bond donors (Lipinski definition) is 1. The highest BCUT2D eigenvalue weighted by Gasteiger charge is 2.31. The normalized spacial score (nSPS) is 19.4. The first-order valence-electron chi connectivity index (χ1n) is 7.30. The van der Waals surface area contributed by atoms with E-state index in [-0.39, 0.29) is 11.6 Å². The van der Waals surface area contributed by atoms with Gasteiger partial charge >= 0.3 is 0 Å². The summed E-state index contributed by atoms with van der Waals surface area (Å²) in [6, 6.07) is 3.39. The summed E-state index contributed by atoms with van der Waals surface area (Å²) in [5.41, 5.74) is 3.54. The molecule has 0 atom stereocenters. The van der Waals surface area contributed by atoms with E-state index in [1.807, 2.05) is 0 Å². The van der Waals surface area contributed by atoms with Crippen LogP contribution in [0.3, 0.4) is 0 Å². The fourth-order valence-electron chi connectivity index (χ4n) is 3.57. The van der Waals surface area contributed by atoms with Gasteiger partial charge in [0.2, 0.25) is 0 Å². The highest BCUT2D eigenvalue weighted by molar-refractivity contribution is 5.91. The molecular formula is C16H18FNO. The van der Waals surface area contributed by atoms with Gasteiger partial charge < -0.3 is 9.67 Å². The van der Waals surface area contributed by atoms with Gasteiger partial charge in [-0.1, -0.05) is 6.42 Å². The lowest BCUT2D eigenvalue weighted by Crippen LogP contribution is -2.01. The molecule has 1 fully saturated rings. The van der Waals surface area contributed by atoms with Gasteiger partial charge in [-0.05, 0) is 50.2 Å². The van der Waals surface area contributed by atoms with Crippen molar-refractivity contribution in [3.63, 3.8) is 0 Å². The van der Waals surface area contributed by atoms with Gasteiger partial charge in [-0.2, -0.15) is 0 Å². The van der Waals surface area contributed by atoms with Gasteiger partial charge in [0.1, 0.15) is 11.6 Å². The van der Waals surface area contributed by atoms with E-state index in [1.54, 1.807) is 6.07 Å². The molecule has 1 aromatic heterocycles. The molecule has 100 valence electrons. The Kier molecular flexibility index (Phi) is 2.38. The van der Waals surface area contributed by atoms with Gasteiger partial charge in [0.05, 0.1) is 5.52 Å². The van der Waals surface area contributed by atoms with Gasteiger partial charge in [-0.3, -0.25) is 0 Å². The zero-order valence-corrected chi connectivity index (χ0v) is 11.0. The number of aromatic hydroxyl groups is 1. The van der Waals surface area contributed by atoms with Crippen molar-refractivity contribution in [3.8, 4) is 5.75 Å². The zero-order valence-electron chi connectivity index (χ0n) is 11.0. The molecule has 0 saturated heterocycles. The molecule has 0 bridgehead atoms. The number of fused-ring (bicyclic) bond motifs is 3. The third-order valence-electron chi connectivity index (χ3n) is 4.51. The van der Waals surface area contributed by atoms with Crippen molar-refractivity contribution in [1.29, 1.82) is 0 Å². The molecule has 19 heavy (non-hydrogen) atoms. The van der Waals surface area contributed by atoms with Crippen LogP contribution in [0, 0.1) is 5.82 Å². The first-order chi connectivity index (χ1) is 9.25. The smallest absolute Gasteiger partial charge is 0.129 e. The molecule has 0 unspecified atom stereocenters. The van der Waals surface area contributed by atoms with E-state index in [1.165, 1.54) is 49.4 Å². The first-order valence-corrected chi connectivity index (χ1v) is 7.30. The van der Waals surface area contributed by atoms with Crippen molar-refractivity contribution in [2.75, 3.05) is 0 Å². The largest absolute Gasteiger partial charge is 0.507 e. The minimum Gasteiger partial charge on any atom is -0.507 e. The number of benzene rings is 1. The molecule has 1 aromatic carbocycles. The maximum atomic E-state index is 13.6. The third kappa shape index (κ3) is 1.67. The number of rotatable bonds is 1. The Morgan fingerprint density at radius 3 is 2.68 bits per heavy atom. The Bertz CT molecular complexity index is 655. The second-order valence-corrected chi connectivity index (χ2v) is 5.91. The van der Waals surface area contributed by atoms with Crippen molar-refractivity contribution < 1.29 is 9.50 Å². The maximum absolute atomic E-state index is 13.6. The monoisotopic (exact) mass is 259 g/mol. The van der Waals surface area contributed by atoms with E-state index in [4.69, 9.17) is 0 Å². The first kappa shape index (κ1) is 11.3. The summed E-state index contributed by atoms with van der Waals surface area (Å²) in [5, 5.41) is 11.1. The van der Waals surface area contributed by atoms with Crippen LogP contribution in [0.1, 0.15) is 49.4 Å². The summed E-state index contributed by atoms with van der Waals surface area (Å²) < 4.78 is 16.0. The van der Waals surface area contributed by atoms with E-state index in [9.17, 15) is 9.50 Å². The summed E-state index contributed by atoms with van der Waals surface area (Å²) >= 11 is 0. The number of nitrogens with zero attached hydrogens (tertiary/aromatic N) is 1. The molecule has 1 heterocycles. The lowest BCUT2D eigenvalue weighted by Gasteiger charge is -2.09. The van der Waals surface area contributed by atoms with Crippen LogP contribution in [0.15, 0.2) is 12.1 Å². The van der Waals surface area contributed by atoms with Crippen molar-refractivity contribution in [1.82, 2.24) is 4.57 Å². The second kappa shape index (κ2) is 3.99. The van der Waals surface area contributed by atoms with Crippen molar-refractivity contribution in [3.05, 3.63) is 29.2 Å². The van der Waals surface area contributed by atoms with E-state index >= 15 is 0 Å². The maximum Gasteiger partial charge on any atom is 0.129 e. The summed E-state index contributed by atoms with van der Waals surface area (Å²) in [4.78, 5) is 0. The molecule has 1 N–H and O–H groups in total. The predicted octanol–water partition coefficient (Wildman–Crippen LogP) is 4.09. The van der Waals surface area contributed by atoms with Crippen molar-refractivity contribution in [2.24, 2.45) is 0 Å². The fourth-order valence-corrected chi connectivity index (χ4v) is 3.57. The molecule has 4 rings (SSSR count). The Morgan fingerprint density at radius 1 is 1.11 bits per heavy atom. The van der Waals surface area contributed by atoms with Gasteiger partial charge in [0.15, 0.2) is 0 Å². The van der Waals surface area contributed by atoms with E-state index in [0.29, 0.717) is 6.04 Å². The molecule has 0 aliphatic heterocycles. The van der Waals surface area contributed by atoms with Gasteiger partial charge in [-0.15, -0.1) is 0 Å². The predicted molar refractivity (Wildman–Crippen MR) is 73.1 cm³/mol. The van der Waals surface area contributed by atoms with Crippen LogP contribution in [0.2, 0.25) is 0 Å². The van der Waals surface area contributed by atoms with Crippen LogP contribution in [-0.4, -0.2) is 9.67 Å². The quantitative estimate of drug-likeness (QED) is 0.767. The average Bonchev–Trinajstić information content (AvgIpc) is 3.16.